The number of halogens is 2. The van der Waals surface area contributed by atoms with E-state index in [4.69, 9.17) is 9.72 Å². The van der Waals surface area contributed by atoms with Crippen molar-refractivity contribution < 1.29 is 37.5 Å². The summed E-state index contributed by atoms with van der Waals surface area (Å²) in [5.41, 5.74) is 3.17. The monoisotopic (exact) mass is 938 g/mol. The van der Waals surface area contributed by atoms with Gasteiger partial charge in [0.2, 0.25) is 11.8 Å². The number of anilines is 1. The van der Waals surface area contributed by atoms with Crippen LogP contribution in [0.25, 0.3) is 16.6 Å². The topological polar surface area (TPSA) is 186 Å². The lowest BCUT2D eigenvalue weighted by molar-refractivity contribution is -0.136. The summed E-state index contributed by atoms with van der Waals surface area (Å²) >= 11 is 0. The largest absolute Gasteiger partial charge is 0.492 e. The number of hydrogen-bond donors (Lipinski definition) is 2. The number of piperidine rings is 4. The molecule has 2 aromatic carbocycles. The van der Waals surface area contributed by atoms with Crippen LogP contribution in [-0.2, 0) is 16.1 Å². The molecule has 0 aliphatic carbocycles. The molecule has 5 aliphatic rings. The Morgan fingerprint density at radius 3 is 2.39 bits per heavy atom. The van der Waals surface area contributed by atoms with Crippen LogP contribution in [0.2, 0.25) is 0 Å². The lowest BCUT2D eigenvalue weighted by Gasteiger charge is -2.50. The van der Waals surface area contributed by atoms with Crippen LogP contribution in [0, 0.1) is 28.4 Å². The van der Waals surface area contributed by atoms with Crippen LogP contribution in [0.5, 0.6) is 5.75 Å². The molecule has 5 aromatic rings. The number of aromatic nitrogens is 3. The molecule has 8 heterocycles. The zero-order valence-corrected chi connectivity index (χ0v) is 38.3. The lowest BCUT2D eigenvalue weighted by Crippen LogP contribution is -2.62. The number of likely N-dealkylation sites (tertiary alicyclic amines) is 2. The highest BCUT2D eigenvalue weighted by Gasteiger charge is 2.44. The third-order valence-corrected chi connectivity index (χ3v) is 15.0. The van der Waals surface area contributed by atoms with Crippen molar-refractivity contribution in [3.05, 3.63) is 113 Å². The molecule has 5 aliphatic heterocycles. The smallest absolute Gasteiger partial charge is 0.255 e. The third kappa shape index (κ3) is 8.87. The van der Waals surface area contributed by atoms with E-state index in [0.717, 1.165) is 79.5 Å². The predicted molar refractivity (Wildman–Crippen MR) is 248 cm³/mol. The van der Waals surface area contributed by atoms with Gasteiger partial charge in [-0.25, -0.2) is 18.3 Å². The summed E-state index contributed by atoms with van der Waals surface area (Å²) in [6.45, 7) is 6.91. The number of amides is 5. The van der Waals surface area contributed by atoms with Crippen LogP contribution in [0.15, 0.2) is 73.2 Å². The number of carbonyl (C=O) groups is 5. The first-order chi connectivity index (χ1) is 33.3. The zero-order valence-electron chi connectivity index (χ0n) is 38.3. The highest BCUT2D eigenvalue weighted by Crippen LogP contribution is 2.43. The lowest BCUT2D eigenvalue weighted by atomic mass is 9.71. The van der Waals surface area contributed by atoms with Crippen LogP contribution >= 0.6 is 0 Å². The first-order valence-electron chi connectivity index (χ1n) is 23.7. The fourth-order valence-electron chi connectivity index (χ4n) is 11.0. The van der Waals surface area contributed by atoms with Gasteiger partial charge in [0, 0.05) is 74.1 Å². The molecule has 3 aromatic heterocycles. The highest BCUT2D eigenvalue weighted by molar-refractivity contribution is 6.06. The molecule has 0 saturated carbocycles. The second-order valence-corrected chi connectivity index (χ2v) is 19.1. The van der Waals surface area contributed by atoms with Crippen molar-refractivity contribution in [1.29, 1.82) is 5.26 Å². The Morgan fingerprint density at radius 2 is 1.68 bits per heavy atom. The van der Waals surface area contributed by atoms with E-state index < -0.39 is 35.0 Å². The van der Waals surface area contributed by atoms with Gasteiger partial charge in [0.25, 0.3) is 17.7 Å². The van der Waals surface area contributed by atoms with Crippen molar-refractivity contribution in [1.82, 2.24) is 39.9 Å². The maximum Gasteiger partial charge on any atom is 0.255 e. The number of pyridine rings is 2. The van der Waals surface area contributed by atoms with E-state index in [2.05, 4.69) is 31.6 Å². The predicted octanol–water partition coefficient (Wildman–Crippen LogP) is 5.49. The second-order valence-electron chi connectivity index (χ2n) is 19.1. The fourth-order valence-corrected chi connectivity index (χ4v) is 11.0. The molecule has 0 radical (unpaired) electrons. The average molecular weight is 939 g/mol. The first-order valence-corrected chi connectivity index (χ1v) is 23.7. The zero-order chi connectivity index (χ0) is 48.0. The minimum Gasteiger partial charge on any atom is -0.492 e. The summed E-state index contributed by atoms with van der Waals surface area (Å²) in [7, 11) is 0. The SMILES string of the molecule is CCOc1cc(-c2ccc(N3CCC(CN4CCC5(CC4)CCN(C(=O)c4ccc6c(c4)C(=O)N(C4CCC(=O)NC4=O)C6)CC5)(NC(=O)c4cc(F)ccc4F)CC3)nc2)c2c(C#N)cnn2c1. The van der Waals surface area contributed by atoms with Crippen molar-refractivity contribution in [2.45, 2.75) is 76.4 Å². The first kappa shape index (κ1) is 45.5. The van der Waals surface area contributed by atoms with E-state index in [1.807, 2.05) is 30.0 Å². The van der Waals surface area contributed by atoms with Gasteiger partial charge in [-0.3, -0.25) is 29.3 Å². The molecule has 16 nitrogen and oxygen atoms in total. The summed E-state index contributed by atoms with van der Waals surface area (Å²) in [5.74, 6) is -2.08. The summed E-state index contributed by atoms with van der Waals surface area (Å²) in [6, 6.07) is 15.3. The van der Waals surface area contributed by atoms with Crippen LogP contribution in [0.4, 0.5) is 14.6 Å². The van der Waals surface area contributed by atoms with E-state index >= 15 is 0 Å². The maximum absolute atomic E-state index is 15.0. The van der Waals surface area contributed by atoms with Crippen molar-refractivity contribution in [3.8, 4) is 22.9 Å². The van der Waals surface area contributed by atoms with Gasteiger partial charge >= 0.3 is 0 Å². The normalized spacial score (nSPS) is 20.2. The number of hydrogen-bond acceptors (Lipinski definition) is 11. The van der Waals surface area contributed by atoms with Crippen LogP contribution in [0.1, 0.15) is 100 Å². The van der Waals surface area contributed by atoms with Gasteiger partial charge in [-0.1, -0.05) is 6.07 Å². The van der Waals surface area contributed by atoms with E-state index in [-0.39, 0.29) is 48.1 Å². The number of nitrogens with one attached hydrogen (secondary N) is 2. The molecule has 0 bridgehead atoms. The van der Waals surface area contributed by atoms with Crippen LogP contribution in [-0.4, -0.2) is 123 Å². The molecule has 1 spiro atoms. The molecule has 69 heavy (non-hydrogen) atoms. The Hall–Kier alpha value is -7.26. The molecule has 1 unspecified atom stereocenters. The van der Waals surface area contributed by atoms with E-state index in [1.54, 1.807) is 35.1 Å². The minimum absolute atomic E-state index is 0.0380. The highest BCUT2D eigenvalue weighted by atomic mass is 19.1. The Bertz CT molecular complexity index is 2910. The van der Waals surface area contributed by atoms with Crippen LogP contribution in [0.3, 0.4) is 0 Å². The molecule has 1 atom stereocenters. The molecule has 4 saturated heterocycles. The Morgan fingerprint density at radius 1 is 0.913 bits per heavy atom. The molecule has 2 N–H and O–H groups in total. The van der Waals surface area contributed by atoms with E-state index in [9.17, 15) is 38.0 Å². The molecular weight excluding hydrogens is 887 g/mol. The van der Waals surface area contributed by atoms with Crippen LogP contribution < -0.4 is 20.3 Å². The van der Waals surface area contributed by atoms with Crippen molar-refractivity contribution >= 4 is 40.9 Å². The van der Waals surface area contributed by atoms with Gasteiger partial charge in [0.15, 0.2) is 0 Å². The number of benzene rings is 2. The van der Waals surface area contributed by atoms with Gasteiger partial charge in [-0.15, -0.1) is 0 Å². The van der Waals surface area contributed by atoms with Gasteiger partial charge in [-0.2, -0.15) is 10.4 Å². The standard InChI is InChI=1S/C51H52F2N10O6/c1-2-69-37-25-38(45-35(26-54)28-56-63(45)30-37)33-5-9-43(55-27-33)60-21-15-51(16-22-60,58-46(65)40-24-36(52)6-7-41(40)53)31-59-17-11-50(12-18-59)13-19-61(20-14-50)48(67)32-3-4-34-29-62(49(68)39(34)23-32)42-8-10-44(64)57-47(42)66/h3-7,9,23-25,27-28,30,42H,2,8,10-22,29,31H2,1H3,(H,58,65)(H,57,64,66). The van der Waals surface area contributed by atoms with Crippen molar-refractivity contribution in [3.63, 3.8) is 0 Å². The van der Waals surface area contributed by atoms with Gasteiger partial charge < -0.3 is 29.7 Å². The van der Waals surface area contributed by atoms with E-state index in [0.29, 0.717) is 80.1 Å². The van der Waals surface area contributed by atoms with Gasteiger partial charge in [0.05, 0.1) is 41.2 Å². The minimum atomic E-state index is -0.793. The molecular formula is C51H52F2N10O6. The average Bonchev–Trinajstić information content (AvgIpc) is 3.93. The van der Waals surface area contributed by atoms with E-state index in [1.165, 1.54) is 11.1 Å². The number of ether oxygens (including phenoxy) is 1. The van der Waals surface area contributed by atoms with Crippen molar-refractivity contribution in [2.75, 3.05) is 57.3 Å². The fraction of sp³-hybridized carbons (Fsp3) is 0.412. The maximum atomic E-state index is 15.0. The Balaban J connectivity index is 0.785. The molecule has 10 rings (SSSR count). The number of nitrogens with zero attached hydrogens (tertiary/aromatic N) is 8. The summed E-state index contributed by atoms with van der Waals surface area (Å²) in [4.78, 5) is 78.0. The molecule has 4 fully saturated rings. The number of rotatable bonds is 10. The molecule has 18 heteroatoms. The Kier molecular flexibility index (Phi) is 12.1. The molecule has 356 valence electrons. The van der Waals surface area contributed by atoms with Gasteiger partial charge in [0.1, 0.15) is 35.3 Å². The molecule has 5 amide bonds. The Labute approximate surface area is 397 Å². The second kappa shape index (κ2) is 18.3. The van der Waals surface area contributed by atoms with Crippen molar-refractivity contribution in [2.24, 2.45) is 5.41 Å². The number of carbonyl (C=O) groups excluding carboxylic acids is 5. The summed E-state index contributed by atoms with van der Waals surface area (Å²) < 4.78 is 36.7. The quantitative estimate of drug-likeness (QED) is 0.169. The summed E-state index contributed by atoms with van der Waals surface area (Å²) in [5, 5.41) is 19.7. The number of imide groups is 1. The number of fused-ring (bicyclic) bond motifs is 2. The third-order valence-electron chi connectivity index (χ3n) is 15.0. The number of nitriles is 1. The van der Waals surface area contributed by atoms with Gasteiger partial charge in [-0.05, 0) is 124 Å². The summed E-state index contributed by atoms with van der Waals surface area (Å²) in [6.07, 6.45) is 9.98.